The molecule has 4 atom stereocenters. The molecule has 1 rings (SSSR count). The van der Waals surface area contributed by atoms with Gasteiger partial charge in [-0.1, -0.05) is 13.3 Å². The van der Waals surface area contributed by atoms with E-state index in [1.807, 2.05) is 4.90 Å². The number of aliphatic hydroxyl groups excluding tert-OH is 3. The lowest BCUT2D eigenvalue weighted by molar-refractivity contribution is -0.119. The molecule has 6 nitrogen and oxygen atoms in total. The van der Waals surface area contributed by atoms with Gasteiger partial charge in [0.2, 0.25) is 5.91 Å². The summed E-state index contributed by atoms with van der Waals surface area (Å²) in [6, 6.07) is -0.794. The number of amides is 1. The van der Waals surface area contributed by atoms with E-state index in [-0.39, 0.29) is 25.1 Å². The molecule has 0 bridgehead atoms. The normalized spacial score (nSPS) is 32.7. The largest absolute Gasteiger partial charge is 0.395 e. The molecule has 1 aliphatic heterocycles. The van der Waals surface area contributed by atoms with E-state index in [0.29, 0.717) is 6.54 Å². The molecular formula is C12H24N2O4. The summed E-state index contributed by atoms with van der Waals surface area (Å²) >= 11 is 0. The summed E-state index contributed by atoms with van der Waals surface area (Å²) in [6.07, 6.45) is 0.0108. The van der Waals surface area contributed by atoms with E-state index in [9.17, 15) is 20.1 Å². The molecule has 0 radical (unpaired) electrons. The first-order chi connectivity index (χ1) is 8.52. The third-order valence-electron chi connectivity index (χ3n) is 3.51. The van der Waals surface area contributed by atoms with Crippen molar-refractivity contribution in [2.45, 2.75) is 51.0 Å². The van der Waals surface area contributed by atoms with Crippen LogP contribution < -0.4 is 5.32 Å². The average molecular weight is 260 g/mol. The third kappa shape index (κ3) is 3.41. The van der Waals surface area contributed by atoms with Gasteiger partial charge < -0.3 is 20.6 Å². The molecule has 0 aromatic carbocycles. The molecule has 0 spiro atoms. The number of likely N-dealkylation sites (tertiary alicyclic amines) is 1. The Morgan fingerprint density at radius 3 is 2.39 bits per heavy atom. The summed E-state index contributed by atoms with van der Waals surface area (Å²) in [7, 11) is 0. The number of carbonyl (C=O) groups is 1. The highest BCUT2D eigenvalue weighted by atomic mass is 16.3. The summed E-state index contributed by atoms with van der Waals surface area (Å²) in [5.74, 6) is -0.167. The number of aliphatic hydroxyl groups is 3. The lowest BCUT2D eigenvalue weighted by Gasteiger charge is -2.29. The molecular weight excluding hydrogens is 236 g/mol. The second-order valence-corrected chi connectivity index (χ2v) is 4.83. The summed E-state index contributed by atoms with van der Waals surface area (Å²) in [6.45, 7) is 4.25. The van der Waals surface area contributed by atoms with Gasteiger partial charge in [0.1, 0.15) is 0 Å². The lowest BCUT2D eigenvalue weighted by atomic mass is 10.1. The topological polar surface area (TPSA) is 93.0 Å². The van der Waals surface area contributed by atoms with Crippen molar-refractivity contribution < 1.29 is 20.1 Å². The van der Waals surface area contributed by atoms with Crippen LogP contribution in [0.3, 0.4) is 0 Å². The van der Waals surface area contributed by atoms with Crippen molar-refractivity contribution in [2.75, 3.05) is 19.7 Å². The minimum absolute atomic E-state index is 0.167. The molecule has 18 heavy (non-hydrogen) atoms. The fraction of sp³-hybridized carbons (Fsp3) is 0.917. The van der Waals surface area contributed by atoms with Crippen LogP contribution in [0.1, 0.15) is 26.7 Å². The van der Waals surface area contributed by atoms with Crippen molar-refractivity contribution in [3.8, 4) is 0 Å². The number of nitrogens with zero attached hydrogens (tertiary/aromatic N) is 1. The first-order valence-corrected chi connectivity index (χ1v) is 6.50. The van der Waals surface area contributed by atoms with Crippen molar-refractivity contribution in [1.29, 1.82) is 0 Å². The Bertz CT molecular complexity index is 275. The van der Waals surface area contributed by atoms with Gasteiger partial charge in [0.05, 0.1) is 30.9 Å². The van der Waals surface area contributed by atoms with Crippen molar-refractivity contribution in [2.24, 2.45) is 0 Å². The Labute approximate surface area is 108 Å². The zero-order valence-electron chi connectivity index (χ0n) is 11.0. The summed E-state index contributed by atoms with van der Waals surface area (Å²) in [4.78, 5) is 12.8. The third-order valence-corrected chi connectivity index (χ3v) is 3.51. The smallest absolute Gasteiger partial charge is 0.216 e. The average Bonchev–Trinajstić information content (AvgIpc) is 2.56. The van der Waals surface area contributed by atoms with Gasteiger partial charge >= 0.3 is 0 Å². The number of unbranched alkanes of at least 4 members (excludes halogenated alkanes) is 1. The molecule has 1 aliphatic rings. The van der Waals surface area contributed by atoms with E-state index in [1.165, 1.54) is 6.92 Å². The Kier molecular flexibility index (Phi) is 6.01. The van der Waals surface area contributed by atoms with Gasteiger partial charge in [-0.2, -0.15) is 0 Å². The van der Waals surface area contributed by atoms with E-state index in [0.717, 1.165) is 12.8 Å². The van der Waals surface area contributed by atoms with Gasteiger partial charge in [0.25, 0.3) is 0 Å². The fourth-order valence-electron chi connectivity index (χ4n) is 2.47. The lowest BCUT2D eigenvalue weighted by Crippen LogP contribution is -2.47. The Hall–Kier alpha value is -0.690. The van der Waals surface area contributed by atoms with Crippen LogP contribution in [0.5, 0.6) is 0 Å². The van der Waals surface area contributed by atoms with Gasteiger partial charge in [0.15, 0.2) is 0 Å². The standard InChI is InChI=1S/C12H24N2O4/c1-3-4-5-14-9(6-13-8(2)16)11(17)12(18)10(14)7-15/h9-12,15,17-18H,3-7H2,1-2H3,(H,13,16). The number of nitrogens with one attached hydrogen (secondary N) is 1. The van der Waals surface area contributed by atoms with Crippen LogP contribution in [0, 0.1) is 0 Å². The zero-order chi connectivity index (χ0) is 13.7. The first kappa shape index (κ1) is 15.4. The summed E-state index contributed by atoms with van der Waals surface area (Å²) in [5, 5.41) is 31.9. The monoisotopic (exact) mass is 260 g/mol. The number of hydrogen-bond acceptors (Lipinski definition) is 5. The van der Waals surface area contributed by atoms with E-state index in [4.69, 9.17) is 0 Å². The molecule has 106 valence electrons. The minimum Gasteiger partial charge on any atom is -0.395 e. The van der Waals surface area contributed by atoms with E-state index in [1.54, 1.807) is 0 Å². The Morgan fingerprint density at radius 1 is 1.28 bits per heavy atom. The molecule has 1 heterocycles. The van der Waals surface area contributed by atoms with E-state index >= 15 is 0 Å². The van der Waals surface area contributed by atoms with Gasteiger partial charge in [0, 0.05) is 13.5 Å². The van der Waals surface area contributed by atoms with Crippen LogP contribution in [0.2, 0.25) is 0 Å². The first-order valence-electron chi connectivity index (χ1n) is 6.50. The van der Waals surface area contributed by atoms with Crippen LogP contribution >= 0.6 is 0 Å². The molecule has 0 aromatic heterocycles. The van der Waals surface area contributed by atoms with Crippen molar-refractivity contribution >= 4 is 5.91 Å². The predicted octanol–water partition coefficient (Wildman–Crippen LogP) is -1.31. The fourth-order valence-corrected chi connectivity index (χ4v) is 2.47. The summed E-state index contributed by atoms with van der Waals surface area (Å²) < 4.78 is 0. The van der Waals surface area contributed by atoms with Crippen LogP contribution in [-0.4, -0.2) is 70.1 Å². The van der Waals surface area contributed by atoms with Gasteiger partial charge in [-0.15, -0.1) is 0 Å². The SMILES string of the molecule is CCCCN1C(CO)C(O)C(O)C1CNC(C)=O. The van der Waals surface area contributed by atoms with E-state index < -0.39 is 18.2 Å². The second kappa shape index (κ2) is 7.04. The Morgan fingerprint density at radius 2 is 1.89 bits per heavy atom. The molecule has 1 amide bonds. The molecule has 4 unspecified atom stereocenters. The molecule has 0 aromatic rings. The minimum atomic E-state index is -0.967. The number of hydrogen-bond donors (Lipinski definition) is 4. The molecule has 1 fully saturated rings. The van der Waals surface area contributed by atoms with Crippen LogP contribution in [-0.2, 0) is 4.79 Å². The highest BCUT2D eigenvalue weighted by molar-refractivity contribution is 5.72. The van der Waals surface area contributed by atoms with Crippen LogP contribution in [0.15, 0.2) is 0 Å². The zero-order valence-corrected chi connectivity index (χ0v) is 11.0. The molecule has 4 N–H and O–H groups in total. The van der Waals surface area contributed by atoms with Crippen molar-refractivity contribution in [3.63, 3.8) is 0 Å². The maximum atomic E-state index is 10.9. The number of carbonyl (C=O) groups excluding carboxylic acids is 1. The van der Waals surface area contributed by atoms with Gasteiger partial charge in [-0.05, 0) is 13.0 Å². The summed E-state index contributed by atoms with van der Waals surface area (Å²) in [5.41, 5.74) is 0. The molecule has 6 heteroatoms. The van der Waals surface area contributed by atoms with Gasteiger partial charge in [-0.3, -0.25) is 9.69 Å². The van der Waals surface area contributed by atoms with Crippen LogP contribution in [0.4, 0.5) is 0 Å². The predicted molar refractivity (Wildman–Crippen MR) is 67.0 cm³/mol. The highest BCUT2D eigenvalue weighted by Gasteiger charge is 2.46. The quantitative estimate of drug-likeness (QED) is 0.476. The van der Waals surface area contributed by atoms with Crippen molar-refractivity contribution in [3.05, 3.63) is 0 Å². The number of rotatable bonds is 6. The second-order valence-electron chi connectivity index (χ2n) is 4.83. The molecule has 1 saturated heterocycles. The Balaban J connectivity index is 2.71. The highest BCUT2D eigenvalue weighted by Crippen LogP contribution is 2.25. The molecule has 0 saturated carbocycles. The maximum absolute atomic E-state index is 10.9. The van der Waals surface area contributed by atoms with Gasteiger partial charge in [-0.25, -0.2) is 0 Å². The van der Waals surface area contributed by atoms with Crippen molar-refractivity contribution in [1.82, 2.24) is 10.2 Å². The van der Waals surface area contributed by atoms with E-state index in [2.05, 4.69) is 12.2 Å². The van der Waals surface area contributed by atoms with Crippen LogP contribution in [0.25, 0.3) is 0 Å². The molecule has 0 aliphatic carbocycles. The maximum Gasteiger partial charge on any atom is 0.216 e.